The number of hydrogen-bond donors (Lipinski definition) is 0. The molecule has 0 amide bonds. The SMILES string of the molecule is COc1ccc(CBr)cc1Oc1cccc(Cl)c1. The topological polar surface area (TPSA) is 18.5 Å². The molecule has 2 aromatic rings. The zero-order valence-corrected chi connectivity index (χ0v) is 12.2. The average molecular weight is 328 g/mol. The van der Waals surface area contributed by atoms with Gasteiger partial charge in [-0.1, -0.05) is 39.7 Å². The number of benzene rings is 2. The van der Waals surface area contributed by atoms with Crippen LogP contribution >= 0.6 is 27.5 Å². The standard InChI is InChI=1S/C14H12BrClO2/c1-17-13-6-5-10(9-15)7-14(13)18-12-4-2-3-11(16)8-12/h2-8H,9H2,1H3. The molecule has 0 radical (unpaired) electrons. The van der Waals surface area contributed by atoms with Crippen molar-refractivity contribution in [2.75, 3.05) is 7.11 Å². The van der Waals surface area contributed by atoms with Gasteiger partial charge in [0.2, 0.25) is 0 Å². The molecule has 0 spiro atoms. The second-order valence-corrected chi connectivity index (χ2v) is 4.68. The molecule has 0 bridgehead atoms. The van der Waals surface area contributed by atoms with E-state index in [0.29, 0.717) is 22.3 Å². The first kappa shape index (κ1) is 13.2. The van der Waals surface area contributed by atoms with E-state index in [-0.39, 0.29) is 0 Å². The third-order valence-electron chi connectivity index (χ3n) is 2.41. The molecule has 4 heteroatoms. The molecule has 0 fully saturated rings. The van der Waals surface area contributed by atoms with E-state index in [2.05, 4.69) is 15.9 Å². The Labute approximate surface area is 120 Å². The van der Waals surface area contributed by atoms with E-state index >= 15 is 0 Å². The van der Waals surface area contributed by atoms with Crippen LogP contribution in [0.3, 0.4) is 0 Å². The first-order chi connectivity index (χ1) is 8.72. The van der Waals surface area contributed by atoms with Crippen LogP contribution in [0.1, 0.15) is 5.56 Å². The lowest BCUT2D eigenvalue weighted by Crippen LogP contribution is -1.91. The van der Waals surface area contributed by atoms with Crippen LogP contribution in [-0.2, 0) is 5.33 Å². The van der Waals surface area contributed by atoms with E-state index in [1.807, 2.05) is 30.3 Å². The molecule has 0 atom stereocenters. The van der Waals surface area contributed by atoms with Gasteiger partial charge >= 0.3 is 0 Å². The van der Waals surface area contributed by atoms with Gasteiger partial charge in [-0.05, 0) is 35.9 Å². The van der Waals surface area contributed by atoms with Crippen molar-refractivity contribution in [2.45, 2.75) is 5.33 Å². The normalized spacial score (nSPS) is 10.2. The van der Waals surface area contributed by atoms with Gasteiger partial charge in [0.05, 0.1) is 7.11 Å². The zero-order valence-electron chi connectivity index (χ0n) is 9.82. The lowest BCUT2D eigenvalue weighted by molar-refractivity contribution is 0.378. The van der Waals surface area contributed by atoms with Gasteiger partial charge in [0.1, 0.15) is 5.75 Å². The van der Waals surface area contributed by atoms with Crippen molar-refractivity contribution in [1.82, 2.24) is 0 Å². The fraction of sp³-hybridized carbons (Fsp3) is 0.143. The van der Waals surface area contributed by atoms with Crippen LogP contribution in [0.25, 0.3) is 0 Å². The molecular weight excluding hydrogens is 316 g/mol. The summed E-state index contributed by atoms with van der Waals surface area (Å²) >= 11 is 9.34. The Bertz CT molecular complexity index is 543. The van der Waals surface area contributed by atoms with Crippen LogP contribution < -0.4 is 9.47 Å². The Kier molecular flexibility index (Phi) is 4.50. The van der Waals surface area contributed by atoms with Crippen molar-refractivity contribution in [3.8, 4) is 17.2 Å². The summed E-state index contributed by atoms with van der Waals surface area (Å²) in [7, 11) is 1.62. The van der Waals surface area contributed by atoms with Crippen molar-refractivity contribution in [1.29, 1.82) is 0 Å². The molecule has 2 rings (SSSR count). The molecule has 0 aliphatic heterocycles. The monoisotopic (exact) mass is 326 g/mol. The molecule has 0 N–H and O–H groups in total. The van der Waals surface area contributed by atoms with E-state index in [1.165, 1.54) is 0 Å². The fourth-order valence-electron chi connectivity index (χ4n) is 1.54. The molecule has 0 aliphatic carbocycles. The predicted molar refractivity (Wildman–Crippen MR) is 77.2 cm³/mol. The van der Waals surface area contributed by atoms with Gasteiger partial charge < -0.3 is 9.47 Å². The minimum atomic E-state index is 0.642. The number of methoxy groups -OCH3 is 1. The van der Waals surface area contributed by atoms with Crippen molar-refractivity contribution in [3.63, 3.8) is 0 Å². The summed E-state index contributed by atoms with van der Waals surface area (Å²) in [5.41, 5.74) is 1.12. The van der Waals surface area contributed by atoms with Gasteiger partial charge in [-0.15, -0.1) is 0 Å². The van der Waals surface area contributed by atoms with Crippen LogP contribution in [0.4, 0.5) is 0 Å². The Morgan fingerprint density at radius 2 is 1.94 bits per heavy atom. The summed E-state index contributed by atoms with van der Waals surface area (Å²) in [5, 5.41) is 1.41. The summed E-state index contributed by atoms with van der Waals surface area (Å²) in [4.78, 5) is 0. The lowest BCUT2D eigenvalue weighted by atomic mass is 10.2. The lowest BCUT2D eigenvalue weighted by Gasteiger charge is -2.11. The molecule has 2 aromatic carbocycles. The highest BCUT2D eigenvalue weighted by molar-refractivity contribution is 9.08. The van der Waals surface area contributed by atoms with Gasteiger partial charge in [-0.2, -0.15) is 0 Å². The zero-order chi connectivity index (χ0) is 13.0. The van der Waals surface area contributed by atoms with E-state index in [9.17, 15) is 0 Å². The third-order valence-corrected chi connectivity index (χ3v) is 3.29. The number of halogens is 2. The smallest absolute Gasteiger partial charge is 0.169 e. The maximum absolute atomic E-state index is 5.92. The van der Waals surface area contributed by atoms with Crippen molar-refractivity contribution in [3.05, 3.63) is 53.1 Å². The number of ether oxygens (including phenoxy) is 2. The minimum Gasteiger partial charge on any atom is -0.493 e. The number of hydrogen-bond acceptors (Lipinski definition) is 2. The summed E-state index contributed by atoms with van der Waals surface area (Å²) in [6.07, 6.45) is 0. The Balaban J connectivity index is 2.32. The molecule has 2 nitrogen and oxygen atoms in total. The molecular formula is C14H12BrClO2. The summed E-state index contributed by atoms with van der Waals surface area (Å²) < 4.78 is 11.1. The quantitative estimate of drug-likeness (QED) is 0.733. The van der Waals surface area contributed by atoms with Crippen molar-refractivity contribution < 1.29 is 9.47 Å². The first-order valence-electron chi connectivity index (χ1n) is 5.39. The third kappa shape index (κ3) is 3.18. The fourth-order valence-corrected chi connectivity index (χ4v) is 2.07. The van der Waals surface area contributed by atoms with Crippen LogP contribution in [0.5, 0.6) is 17.2 Å². The van der Waals surface area contributed by atoms with Crippen LogP contribution in [0, 0.1) is 0 Å². The Morgan fingerprint density at radius 3 is 2.61 bits per heavy atom. The largest absolute Gasteiger partial charge is 0.493 e. The van der Waals surface area contributed by atoms with Crippen molar-refractivity contribution in [2.24, 2.45) is 0 Å². The van der Waals surface area contributed by atoms with Crippen molar-refractivity contribution >= 4 is 27.5 Å². The van der Waals surface area contributed by atoms with Gasteiger partial charge in [0.25, 0.3) is 0 Å². The Morgan fingerprint density at radius 1 is 1.11 bits per heavy atom. The number of alkyl halides is 1. The molecule has 94 valence electrons. The molecule has 0 heterocycles. The van der Waals surface area contributed by atoms with E-state index in [4.69, 9.17) is 21.1 Å². The second-order valence-electron chi connectivity index (χ2n) is 3.68. The Hall–Kier alpha value is -1.19. The molecule has 0 aliphatic rings. The van der Waals surface area contributed by atoms with E-state index in [0.717, 1.165) is 10.9 Å². The first-order valence-corrected chi connectivity index (χ1v) is 6.89. The summed E-state index contributed by atoms with van der Waals surface area (Å²) in [6, 6.07) is 13.1. The van der Waals surface area contributed by atoms with E-state index in [1.54, 1.807) is 19.2 Å². The van der Waals surface area contributed by atoms with Gasteiger partial charge in [-0.3, -0.25) is 0 Å². The van der Waals surface area contributed by atoms with Crippen LogP contribution in [0.15, 0.2) is 42.5 Å². The molecule has 0 saturated carbocycles. The van der Waals surface area contributed by atoms with Gasteiger partial charge in [0, 0.05) is 10.4 Å². The van der Waals surface area contributed by atoms with Crippen LogP contribution in [0.2, 0.25) is 5.02 Å². The minimum absolute atomic E-state index is 0.642. The molecule has 0 unspecified atom stereocenters. The van der Waals surface area contributed by atoms with Crippen LogP contribution in [-0.4, -0.2) is 7.11 Å². The maximum atomic E-state index is 5.92. The van der Waals surface area contributed by atoms with Gasteiger partial charge in [-0.25, -0.2) is 0 Å². The van der Waals surface area contributed by atoms with E-state index < -0.39 is 0 Å². The highest BCUT2D eigenvalue weighted by Crippen LogP contribution is 2.33. The highest BCUT2D eigenvalue weighted by Gasteiger charge is 2.07. The van der Waals surface area contributed by atoms with Gasteiger partial charge in [0.15, 0.2) is 11.5 Å². The average Bonchev–Trinajstić information content (AvgIpc) is 2.38. The second kappa shape index (κ2) is 6.12. The maximum Gasteiger partial charge on any atom is 0.169 e. The predicted octanol–water partition coefficient (Wildman–Crippen LogP) is 5.04. The number of rotatable bonds is 4. The molecule has 0 saturated heterocycles. The summed E-state index contributed by atoms with van der Waals surface area (Å²) in [6.45, 7) is 0. The summed E-state index contributed by atoms with van der Waals surface area (Å²) in [5.74, 6) is 2.06. The molecule has 0 aromatic heterocycles. The highest BCUT2D eigenvalue weighted by atomic mass is 79.9. The molecule has 18 heavy (non-hydrogen) atoms.